The molecule has 1 aromatic rings. The van der Waals surface area contributed by atoms with Crippen LogP contribution in [0.3, 0.4) is 0 Å². The van der Waals surface area contributed by atoms with E-state index in [9.17, 15) is 0 Å². The molecular weight excluding hydrogens is 246 g/mol. The highest BCUT2D eigenvalue weighted by molar-refractivity contribution is 5.28. The molecule has 0 bridgehead atoms. The molecule has 20 heavy (non-hydrogen) atoms. The lowest BCUT2D eigenvalue weighted by atomic mass is 9.90. The van der Waals surface area contributed by atoms with E-state index in [2.05, 4.69) is 31.2 Å². The van der Waals surface area contributed by atoms with Crippen LogP contribution in [0.2, 0.25) is 0 Å². The minimum absolute atomic E-state index is 0.587. The van der Waals surface area contributed by atoms with Gasteiger partial charge in [0.15, 0.2) is 0 Å². The molecule has 112 valence electrons. The Morgan fingerprint density at radius 2 is 2.05 bits per heavy atom. The van der Waals surface area contributed by atoms with Crippen LogP contribution < -0.4 is 10.5 Å². The lowest BCUT2D eigenvalue weighted by Gasteiger charge is -2.22. The number of hydrogen-bond acceptors (Lipinski definition) is 2. The van der Waals surface area contributed by atoms with E-state index in [0.29, 0.717) is 5.92 Å². The number of hydrogen-bond donors (Lipinski definition) is 1. The predicted molar refractivity (Wildman–Crippen MR) is 85.1 cm³/mol. The lowest BCUT2D eigenvalue weighted by molar-refractivity contribution is 0.208. The molecule has 1 aliphatic rings. The highest BCUT2D eigenvalue weighted by Gasteiger charge is 2.14. The normalized spacial score (nSPS) is 17.9. The number of benzene rings is 1. The molecule has 1 atom stereocenters. The zero-order valence-corrected chi connectivity index (χ0v) is 12.8. The molecule has 2 N–H and O–H groups in total. The third-order valence-electron chi connectivity index (χ3n) is 4.54. The maximum Gasteiger partial charge on any atom is 0.119 e. The summed E-state index contributed by atoms with van der Waals surface area (Å²) < 4.78 is 6.00. The zero-order valence-electron chi connectivity index (χ0n) is 12.8. The summed E-state index contributed by atoms with van der Waals surface area (Å²) in [5.41, 5.74) is 7.14. The van der Waals surface area contributed by atoms with Gasteiger partial charge in [-0.05, 0) is 55.3 Å². The minimum Gasteiger partial charge on any atom is -0.493 e. The fraction of sp³-hybridized carbons (Fsp3) is 0.667. The van der Waals surface area contributed by atoms with Gasteiger partial charge in [0, 0.05) is 0 Å². The van der Waals surface area contributed by atoms with Crippen LogP contribution in [-0.4, -0.2) is 13.2 Å². The molecule has 1 aromatic carbocycles. The van der Waals surface area contributed by atoms with Gasteiger partial charge in [-0.15, -0.1) is 0 Å². The first-order valence-electron chi connectivity index (χ1n) is 8.23. The standard InChI is InChI=1S/C18H29NO/c1-2-15(13-19)11-17-9-6-10-18(12-17)20-14-16-7-4-3-5-8-16/h6,9-10,12,15-16H,2-5,7-8,11,13-14,19H2,1H3. The van der Waals surface area contributed by atoms with Gasteiger partial charge in [0.25, 0.3) is 0 Å². The Kier molecular flexibility index (Phi) is 6.38. The first kappa shape index (κ1) is 15.4. The van der Waals surface area contributed by atoms with Crippen molar-refractivity contribution in [1.29, 1.82) is 0 Å². The Labute approximate surface area is 123 Å². The summed E-state index contributed by atoms with van der Waals surface area (Å²) in [4.78, 5) is 0. The molecule has 1 aliphatic carbocycles. The summed E-state index contributed by atoms with van der Waals surface area (Å²) in [6, 6.07) is 8.57. The summed E-state index contributed by atoms with van der Waals surface area (Å²) in [6.45, 7) is 3.86. The van der Waals surface area contributed by atoms with Crippen LogP contribution in [0.5, 0.6) is 5.75 Å². The summed E-state index contributed by atoms with van der Waals surface area (Å²) in [7, 11) is 0. The van der Waals surface area contributed by atoms with Crippen molar-refractivity contribution in [2.45, 2.75) is 51.9 Å². The first-order valence-corrected chi connectivity index (χ1v) is 8.23. The van der Waals surface area contributed by atoms with E-state index in [1.807, 2.05) is 0 Å². The molecule has 0 radical (unpaired) electrons. The van der Waals surface area contributed by atoms with Crippen molar-refractivity contribution >= 4 is 0 Å². The molecule has 0 spiro atoms. The molecule has 1 unspecified atom stereocenters. The van der Waals surface area contributed by atoms with Crippen LogP contribution in [0, 0.1) is 11.8 Å². The van der Waals surface area contributed by atoms with Gasteiger partial charge < -0.3 is 10.5 Å². The summed E-state index contributed by atoms with van der Waals surface area (Å²) >= 11 is 0. The van der Waals surface area contributed by atoms with Crippen LogP contribution in [0.4, 0.5) is 0 Å². The van der Waals surface area contributed by atoms with E-state index in [-0.39, 0.29) is 0 Å². The molecule has 0 aromatic heterocycles. The van der Waals surface area contributed by atoms with E-state index in [1.165, 1.54) is 37.7 Å². The van der Waals surface area contributed by atoms with Crippen LogP contribution >= 0.6 is 0 Å². The molecular formula is C18H29NO. The monoisotopic (exact) mass is 275 g/mol. The average molecular weight is 275 g/mol. The maximum absolute atomic E-state index is 6.00. The Morgan fingerprint density at radius 3 is 2.75 bits per heavy atom. The van der Waals surface area contributed by atoms with E-state index in [0.717, 1.165) is 37.7 Å². The number of rotatable bonds is 7. The molecule has 2 heteroatoms. The maximum atomic E-state index is 6.00. The molecule has 0 saturated heterocycles. The van der Waals surface area contributed by atoms with Crippen LogP contribution in [0.15, 0.2) is 24.3 Å². The third kappa shape index (κ3) is 4.82. The van der Waals surface area contributed by atoms with Gasteiger partial charge in [-0.25, -0.2) is 0 Å². The zero-order chi connectivity index (χ0) is 14.2. The van der Waals surface area contributed by atoms with Crippen molar-refractivity contribution in [3.63, 3.8) is 0 Å². The van der Waals surface area contributed by atoms with E-state index in [1.54, 1.807) is 0 Å². The summed E-state index contributed by atoms with van der Waals surface area (Å²) in [5, 5.41) is 0. The number of nitrogens with two attached hydrogens (primary N) is 1. The van der Waals surface area contributed by atoms with Gasteiger partial charge in [-0.2, -0.15) is 0 Å². The van der Waals surface area contributed by atoms with E-state index >= 15 is 0 Å². The molecule has 0 heterocycles. The van der Waals surface area contributed by atoms with Crippen molar-refractivity contribution < 1.29 is 4.74 Å². The van der Waals surface area contributed by atoms with Crippen molar-refractivity contribution in [1.82, 2.24) is 0 Å². The first-order chi connectivity index (χ1) is 9.81. The van der Waals surface area contributed by atoms with Gasteiger partial charge in [0.1, 0.15) is 5.75 Å². The summed E-state index contributed by atoms with van der Waals surface area (Å²) in [5.74, 6) is 2.38. The topological polar surface area (TPSA) is 35.2 Å². The second-order valence-electron chi connectivity index (χ2n) is 6.18. The van der Waals surface area contributed by atoms with Crippen molar-refractivity contribution in [2.75, 3.05) is 13.2 Å². The largest absolute Gasteiger partial charge is 0.493 e. The molecule has 0 aliphatic heterocycles. The van der Waals surface area contributed by atoms with E-state index < -0.39 is 0 Å². The fourth-order valence-corrected chi connectivity index (χ4v) is 3.06. The molecule has 2 nitrogen and oxygen atoms in total. The average Bonchev–Trinajstić information content (AvgIpc) is 2.52. The third-order valence-corrected chi connectivity index (χ3v) is 4.54. The quantitative estimate of drug-likeness (QED) is 0.810. The van der Waals surface area contributed by atoms with Crippen molar-refractivity contribution in [3.05, 3.63) is 29.8 Å². The second-order valence-corrected chi connectivity index (χ2v) is 6.18. The van der Waals surface area contributed by atoms with Gasteiger partial charge >= 0.3 is 0 Å². The van der Waals surface area contributed by atoms with Crippen LogP contribution in [0.1, 0.15) is 51.0 Å². The highest BCUT2D eigenvalue weighted by atomic mass is 16.5. The Bertz CT molecular complexity index is 381. The Hall–Kier alpha value is -1.02. The Morgan fingerprint density at radius 1 is 1.25 bits per heavy atom. The van der Waals surface area contributed by atoms with Crippen LogP contribution in [-0.2, 0) is 6.42 Å². The van der Waals surface area contributed by atoms with Crippen LogP contribution in [0.25, 0.3) is 0 Å². The SMILES string of the molecule is CCC(CN)Cc1cccc(OCC2CCCCC2)c1. The second kappa shape index (κ2) is 8.31. The van der Waals surface area contributed by atoms with Gasteiger partial charge in [-0.1, -0.05) is 44.7 Å². The highest BCUT2D eigenvalue weighted by Crippen LogP contribution is 2.25. The predicted octanol–water partition coefficient (Wildman–Crippen LogP) is 4.17. The lowest BCUT2D eigenvalue weighted by Crippen LogP contribution is -2.16. The number of ether oxygens (including phenoxy) is 1. The van der Waals surface area contributed by atoms with Gasteiger partial charge in [0.2, 0.25) is 0 Å². The van der Waals surface area contributed by atoms with E-state index in [4.69, 9.17) is 10.5 Å². The molecule has 2 rings (SSSR count). The van der Waals surface area contributed by atoms with Gasteiger partial charge in [-0.3, -0.25) is 0 Å². The smallest absolute Gasteiger partial charge is 0.119 e. The minimum atomic E-state index is 0.587. The Balaban J connectivity index is 1.85. The van der Waals surface area contributed by atoms with Gasteiger partial charge in [0.05, 0.1) is 6.61 Å². The van der Waals surface area contributed by atoms with Crippen molar-refractivity contribution in [2.24, 2.45) is 17.6 Å². The van der Waals surface area contributed by atoms with Crippen molar-refractivity contribution in [3.8, 4) is 5.75 Å². The molecule has 1 saturated carbocycles. The molecule has 0 amide bonds. The fourth-order valence-electron chi connectivity index (χ4n) is 3.06. The molecule has 1 fully saturated rings. The summed E-state index contributed by atoms with van der Waals surface area (Å²) in [6.07, 6.45) is 9.04.